The minimum atomic E-state index is -1.18. The molecule has 3 aromatic rings. The number of carbonyl (C=O) groups is 3. The van der Waals surface area contributed by atoms with Gasteiger partial charge in [0.05, 0.1) is 6.61 Å². The van der Waals surface area contributed by atoms with E-state index in [1.54, 1.807) is 45.0 Å². The van der Waals surface area contributed by atoms with Gasteiger partial charge in [-0.1, -0.05) is 84.8 Å². The van der Waals surface area contributed by atoms with Crippen LogP contribution in [0.25, 0.3) is 0 Å². The molecule has 0 saturated heterocycles. The maximum atomic E-state index is 14.2. The Bertz CT molecular complexity index is 1350. The fourth-order valence-electron chi connectivity index (χ4n) is 4.37. The SMILES string of the molecule is C#Cc1ccccc1C(C(=O)NCc1ccccc1)N(CCO)C(=O)C(Cc1ccccc1)NC(=O)OC(C)(C)C. The van der Waals surface area contributed by atoms with Gasteiger partial charge in [0.1, 0.15) is 17.7 Å². The molecule has 3 amide bonds. The van der Waals surface area contributed by atoms with Crippen LogP contribution in [0.3, 0.4) is 0 Å². The summed E-state index contributed by atoms with van der Waals surface area (Å²) in [5.74, 6) is 1.55. The third kappa shape index (κ3) is 9.23. The molecule has 0 aliphatic heterocycles. The van der Waals surface area contributed by atoms with Crippen molar-refractivity contribution in [3.05, 3.63) is 107 Å². The van der Waals surface area contributed by atoms with Gasteiger partial charge in [0.2, 0.25) is 11.8 Å². The molecule has 0 saturated carbocycles. The van der Waals surface area contributed by atoms with E-state index in [9.17, 15) is 19.5 Å². The van der Waals surface area contributed by atoms with Crippen LogP contribution in [-0.4, -0.2) is 52.7 Å². The lowest BCUT2D eigenvalue weighted by Crippen LogP contribution is -2.54. The van der Waals surface area contributed by atoms with Gasteiger partial charge >= 0.3 is 6.09 Å². The van der Waals surface area contributed by atoms with Gasteiger partial charge in [-0.05, 0) is 43.5 Å². The Morgan fingerprint density at radius 1 is 0.927 bits per heavy atom. The molecule has 2 atom stereocenters. The fourth-order valence-corrected chi connectivity index (χ4v) is 4.37. The molecule has 0 bridgehead atoms. The zero-order chi connectivity index (χ0) is 29.8. The maximum absolute atomic E-state index is 14.2. The first-order chi connectivity index (χ1) is 19.6. The van der Waals surface area contributed by atoms with E-state index >= 15 is 0 Å². The second kappa shape index (κ2) is 14.7. The lowest BCUT2D eigenvalue weighted by Gasteiger charge is -2.34. The molecule has 0 aromatic heterocycles. The molecule has 0 aliphatic rings. The van der Waals surface area contributed by atoms with Crippen molar-refractivity contribution in [3.8, 4) is 12.3 Å². The van der Waals surface area contributed by atoms with Crippen molar-refractivity contribution in [2.45, 2.75) is 51.4 Å². The van der Waals surface area contributed by atoms with E-state index in [0.29, 0.717) is 11.1 Å². The minimum absolute atomic E-state index is 0.135. The Balaban J connectivity index is 2.02. The lowest BCUT2D eigenvalue weighted by molar-refractivity contribution is -0.143. The number of nitrogens with zero attached hydrogens (tertiary/aromatic N) is 1. The molecule has 0 fully saturated rings. The molecule has 0 spiro atoms. The molecule has 8 heteroatoms. The predicted octanol–water partition coefficient (Wildman–Crippen LogP) is 3.98. The van der Waals surface area contributed by atoms with Gasteiger partial charge in [0, 0.05) is 25.1 Å². The molecule has 214 valence electrons. The van der Waals surface area contributed by atoms with Crippen LogP contribution in [-0.2, 0) is 27.3 Å². The number of amides is 3. The number of terminal acetylenes is 1. The molecule has 3 N–H and O–H groups in total. The number of alkyl carbamates (subject to hydrolysis) is 1. The molecule has 2 unspecified atom stereocenters. The fraction of sp³-hybridized carbons (Fsp3) is 0.303. The van der Waals surface area contributed by atoms with Crippen molar-refractivity contribution in [2.24, 2.45) is 0 Å². The van der Waals surface area contributed by atoms with Gasteiger partial charge in [-0.15, -0.1) is 6.42 Å². The summed E-state index contributed by atoms with van der Waals surface area (Å²) in [4.78, 5) is 42.2. The molecular weight excluding hydrogens is 518 g/mol. The zero-order valence-electron chi connectivity index (χ0n) is 23.7. The van der Waals surface area contributed by atoms with Gasteiger partial charge in [0.15, 0.2) is 0 Å². The van der Waals surface area contributed by atoms with E-state index in [-0.39, 0.29) is 19.5 Å². The Morgan fingerprint density at radius 3 is 2.10 bits per heavy atom. The molecule has 0 aliphatic carbocycles. The summed E-state index contributed by atoms with van der Waals surface area (Å²) in [6, 6.07) is 23.1. The van der Waals surface area contributed by atoms with Crippen LogP contribution in [0.4, 0.5) is 4.79 Å². The van der Waals surface area contributed by atoms with Crippen LogP contribution in [0, 0.1) is 12.3 Å². The minimum Gasteiger partial charge on any atom is -0.444 e. The van der Waals surface area contributed by atoms with Gasteiger partial charge in [-0.25, -0.2) is 4.79 Å². The smallest absolute Gasteiger partial charge is 0.408 e. The van der Waals surface area contributed by atoms with E-state index in [4.69, 9.17) is 11.2 Å². The Kier molecular flexibility index (Phi) is 11.1. The summed E-state index contributed by atoms with van der Waals surface area (Å²) in [5.41, 5.74) is 1.74. The van der Waals surface area contributed by atoms with Crippen molar-refractivity contribution < 1.29 is 24.2 Å². The number of aliphatic hydroxyl groups is 1. The van der Waals surface area contributed by atoms with Crippen molar-refractivity contribution in [1.29, 1.82) is 0 Å². The summed E-state index contributed by atoms with van der Waals surface area (Å²) in [6.45, 7) is 4.80. The van der Waals surface area contributed by atoms with Gasteiger partial charge < -0.3 is 25.4 Å². The third-order valence-electron chi connectivity index (χ3n) is 6.18. The summed E-state index contributed by atoms with van der Waals surface area (Å²) < 4.78 is 5.44. The number of ether oxygens (including phenoxy) is 1. The first-order valence-electron chi connectivity index (χ1n) is 13.4. The molecule has 3 aromatic carbocycles. The van der Waals surface area contributed by atoms with Gasteiger partial charge in [-0.2, -0.15) is 0 Å². The second-order valence-electron chi connectivity index (χ2n) is 10.5. The molecule has 8 nitrogen and oxygen atoms in total. The summed E-state index contributed by atoms with van der Waals surface area (Å²) >= 11 is 0. The summed E-state index contributed by atoms with van der Waals surface area (Å²) in [5, 5.41) is 15.6. The van der Waals surface area contributed by atoms with Crippen molar-refractivity contribution >= 4 is 17.9 Å². The maximum Gasteiger partial charge on any atom is 0.408 e. The topological polar surface area (TPSA) is 108 Å². The first kappa shape index (κ1) is 30.9. The number of rotatable bonds is 11. The average molecular weight is 556 g/mol. The van der Waals surface area contributed by atoms with E-state index in [1.807, 2.05) is 60.7 Å². The largest absolute Gasteiger partial charge is 0.444 e. The van der Waals surface area contributed by atoms with Crippen molar-refractivity contribution in [2.75, 3.05) is 13.2 Å². The van der Waals surface area contributed by atoms with Crippen molar-refractivity contribution in [3.63, 3.8) is 0 Å². The second-order valence-corrected chi connectivity index (χ2v) is 10.5. The molecule has 41 heavy (non-hydrogen) atoms. The number of hydrogen-bond acceptors (Lipinski definition) is 5. The van der Waals surface area contributed by atoms with E-state index in [2.05, 4.69) is 16.6 Å². The molecular formula is C33H37N3O5. The van der Waals surface area contributed by atoms with Crippen LogP contribution in [0.1, 0.15) is 49.1 Å². The quantitative estimate of drug-likeness (QED) is 0.310. The number of nitrogens with one attached hydrogen (secondary N) is 2. The van der Waals surface area contributed by atoms with Crippen LogP contribution in [0.5, 0.6) is 0 Å². The van der Waals surface area contributed by atoms with Crippen LogP contribution < -0.4 is 10.6 Å². The highest BCUT2D eigenvalue weighted by Gasteiger charge is 2.37. The first-order valence-corrected chi connectivity index (χ1v) is 13.4. The zero-order valence-corrected chi connectivity index (χ0v) is 23.7. The van der Waals surface area contributed by atoms with E-state index in [1.165, 1.54) is 4.90 Å². The highest BCUT2D eigenvalue weighted by Crippen LogP contribution is 2.26. The number of benzene rings is 3. The van der Waals surface area contributed by atoms with Crippen molar-refractivity contribution in [1.82, 2.24) is 15.5 Å². The van der Waals surface area contributed by atoms with Crippen LogP contribution in [0.2, 0.25) is 0 Å². The Hall–Kier alpha value is -4.61. The monoisotopic (exact) mass is 555 g/mol. The molecule has 3 rings (SSSR count). The standard InChI is InChI=1S/C33H37N3O5/c1-5-26-18-12-13-19-27(26)29(30(38)34-23-25-16-10-7-11-17-25)36(20-21-37)31(39)28(22-24-14-8-6-9-15-24)35-32(40)41-33(2,3)4/h1,6-19,28-29,37H,20-23H2,2-4H3,(H,34,38)(H,35,40). The summed E-state index contributed by atoms with van der Waals surface area (Å²) in [7, 11) is 0. The normalized spacial score (nSPS) is 12.4. The van der Waals surface area contributed by atoms with Crippen LogP contribution >= 0.6 is 0 Å². The Morgan fingerprint density at radius 2 is 1.51 bits per heavy atom. The molecule has 0 radical (unpaired) electrons. The molecule has 0 heterocycles. The Labute approximate surface area is 241 Å². The van der Waals surface area contributed by atoms with E-state index in [0.717, 1.165) is 11.1 Å². The van der Waals surface area contributed by atoms with Crippen LogP contribution in [0.15, 0.2) is 84.9 Å². The highest BCUT2D eigenvalue weighted by molar-refractivity contribution is 5.92. The summed E-state index contributed by atoms with van der Waals surface area (Å²) in [6.07, 6.45) is 5.14. The predicted molar refractivity (Wildman–Crippen MR) is 158 cm³/mol. The van der Waals surface area contributed by atoms with Gasteiger partial charge in [-0.3, -0.25) is 9.59 Å². The number of hydrogen-bond donors (Lipinski definition) is 3. The lowest BCUT2D eigenvalue weighted by atomic mass is 9.96. The highest BCUT2D eigenvalue weighted by atomic mass is 16.6. The third-order valence-corrected chi connectivity index (χ3v) is 6.18. The number of carbonyl (C=O) groups excluding carboxylic acids is 3. The number of aliphatic hydroxyl groups excluding tert-OH is 1. The van der Waals surface area contributed by atoms with Gasteiger partial charge in [0.25, 0.3) is 0 Å². The van der Waals surface area contributed by atoms with E-state index < -0.39 is 42.2 Å². The average Bonchev–Trinajstić information content (AvgIpc) is 2.95.